The molecule has 19 heteroatoms. The molecule has 2 saturated carbocycles. The van der Waals surface area contributed by atoms with Crippen molar-refractivity contribution in [1.29, 1.82) is 0 Å². The van der Waals surface area contributed by atoms with Gasteiger partial charge in [0.2, 0.25) is 0 Å². The average Bonchev–Trinajstić information content (AvgIpc) is 3.99. The van der Waals surface area contributed by atoms with Gasteiger partial charge in [-0.05, 0) is 35.5 Å². The lowest BCUT2D eigenvalue weighted by Gasteiger charge is -2.40. The van der Waals surface area contributed by atoms with Gasteiger partial charge in [-0.1, -0.05) is 66.2 Å². The number of hydrogen-bond donors (Lipinski definition) is 0. The van der Waals surface area contributed by atoms with Crippen LogP contribution < -0.4 is 11.0 Å². The monoisotopic (exact) mass is 830 g/mol. The fourth-order valence-electron chi connectivity index (χ4n) is 10.3. The van der Waals surface area contributed by atoms with Gasteiger partial charge in [-0.2, -0.15) is 0 Å². The van der Waals surface area contributed by atoms with Crippen LogP contribution in [0.5, 0.6) is 0 Å². The summed E-state index contributed by atoms with van der Waals surface area (Å²) in [5.74, 6) is 4.10. The van der Waals surface area contributed by atoms with Crippen molar-refractivity contribution in [1.82, 2.24) is 48.3 Å². The third-order valence-electron chi connectivity index (χ3n) is 13.7. The van der Waals surface area contributed by atoms with E-state index in [1.807, 2.05) is 8.47 Å². The molecule has 0 amide bonds. The predicted octanol–water partition coefficient (Wildman–Crippen LogP) is 4.71. The molecule has 4 atom stereocenters. The summed E-state index contributed by atoms with van der Waals surface area (Å²) >= 11 is 0. The second kappa shape index (κ2) is 13.9. The molecule has 6 aliphatic rings. The second-order valence-corrected chi connectivity index (χ2v) is 19.8. The molecule has 0 aromatic carbocycles. The normalized spacial score (nSPS) is 27.3. The summed E-state index contributed by atoms with van der Waals surface area (Å²) in [5.41, 5.74) is 4.55. The molecule has 4 unspecified atom stereocenters. The Morgan fingerprint density at radius 3 is 1.18 bits per heavy atom. The number of aromatic nitrogens is 10. The lowest BCUT2D eigenvalue weighted by molar-refractivity contribution is 0.0420. The van der Waals surface area contributed by atoms with Gasteiger partial charge < -0.3 is 8.85 Å². The molecule has 6 bridgehead atoms. The van der Waals surface area contributed by atoms with Gasteiger partial charge in [-0.15, -0.1) is 0 Å². The Kier molecular flexibility index (Phi) is 8.37. The molecule has 61 heavy (non-hydrogen) atoms. The molecule has 18 nitrogen and oxygen atoms in total. The van der Waals surface area contributed by atoms with Crippen LogP contribution in [0, 0.1) is 35.5 Å². The number of amidine groups is 4. The number of aliphatic imine (C=N–C) groups is 4. The molecule has 306 valence electrons. The maximum atomic E-state index is 7.88. The Morgan fingerprint density at radius 2 is 0.787 bits per heavy atom. The highest BCUT2D eigenvalue weighted by Gasteiger charge is 2.55. The van der Waals surface area contributed by atoms with Crippen molar-refractivity contribution in [2.45, 2.75) is 66.2 Å². The van der Waals surface area contributed by atoms with Crippen LogP contribution >= 0.6 is 0 Å². The summed E-state index contributed by atoms with van der Waals surface area (Å²) in [6, 6.07) is 0. The van der Waals surface area contributed by atoms with Gasteiger partial charge >= 0.3 is 8.88 Å². The summed E-state index contributed by atoms with van der Waals surface area (Å²) in [6.45, 7) is 10.1. The first-order chi connectivity index (χ1) is 29.9. The summed E-state index contributed by atoms with van der Waals surface area (Å²) in [4.78, 5) is 70.3. The van der Waals surface area contributed by atoms with E-state index >= 15 is 0 Å². The van der Waals surface area contributed by atoms with E-state index in [0.29, 0.717) is 128 Å². The van der Waals surface area contributed by atoms with E-state index in [2.05, 4.69) is 27.7 Å². The summed E-state index contributed by atoms with van der Waals surface area (Å²) in [7, 11) is -4.42. The van der Waals surface area contributed by atoms with Crippen LogP contribution in [0.4, 0.5) is 11.6 Å². The van der Waals surface area contributed by atoms with E-state index in [9.17, 15) is 0 Å². The Labute approximate surface area is 350 Å². The van der Waals surface area contributed by atoms with Crippen LogP contribution in [0.3, 0.4) is 0 Å². The van der Waals surface area contributed by atoms with Crippen molar-refractivity contribution in [3.63, 3.8) is 0 Å². The van der Waals surface area contributed by atoms with Gasteiger partial charge in [0.05, 0.1) is 0 Å². The van der Waals surface area contributed by atoms with Gasteiger partial charge in [-0.3, -0.25) is 8.47 Å². The molecule has 6 aromatic rings. The van der Waals surface area contributed by atoms with Crippen LogP contribution in [-0.2, 0) is 8.85 Å². The molecule has 0 spiro atoms. The molecule has 10 heterocycles. The molecule has 2 aliphatic carbocycles. The molecule has 0 N–H and O–H groups in total. The van der Waals surface area contributed by atoms with Crippen molar-refractivity contribution < 1.29 is 8.85 Å². The highest BCUT2D eigenvalue weighted by molar-refractivity contribution is 6.66. The largest absolute Gasteiger partial charge is 0.603 e. The lowest BCUT2D eigenvalue weighted by atomic mass is 9.74. The summed E-state index contributed by atoms with van der Waals surface area (Å²) in [5, 5.41) is 0. The third kappa shape index (κ3) is 5.52. The SMILES string of the molecule is CC1CCCC(C)C1CO[Si]1(OCC2C(C)CCCC2C)n2c3c4nccnc4c2N=C2N=C(N=c4c5nccnc5c(n41)=NC1=NC(=N3)c3nccnc31)c1nccnc12. The van der Waals surface area contributed by atoms with Gasteiger partial charge in [-0.25, -0.2) is 69.8 Å². The molecule has 2 fully saturated rings. The van der Waals surface area contributed by atoms with Gasteiger partial charge in [0.25, 0.3) is 0 Å². The number of fused-ring (bicyclic) bond motifs is 14. The average molecular weight is 831 g/mol. The number of rotatable bonds is 6. The van der Waals surface area contributed by atoms with Crippen molar-refractivity contribution in [2.75, 3.05) is 13.2 Å². The number of hydrogen-bond acceptors (Lipinski definition) is 16. The highest BCUT2D eigenvalue weighted by Crippen LogP contribution is 2.44. The van der Waals surface area contributed by atoms with Crippen LogP contribution in [0.2, 0.25) is 0 Å². The van der Waals surface area contributed by atoms with E-state index in [4.69, 9.17) is 78.7 Å². The van der Waals surface area contributed by atoms with Crippen LogP contribution in [-0.4, -0.2) is 93.8 Å². The molecular formula is C42H42N16O2Si. The van der Waals surface area contributed by atoms with E-state index in [-0.39, 0.29) is 11.8 Å². The fourth-order valence-corrected chi connectivity index (χ4v) is 13.6. The maximum absolute atomic E-state index is 7.88. The van der Waals surface area contributed by atoms with Gasteiger partial charge in [0.1, 0.15) is 44.8 Å². The van der Waals surface area contributed by atoms with Gasteiger partial charge in [0.15, 0.2) is 46.0 Å². The molecule has 6 aromatic heterocycles. The third-order valence-corrected chi connectivity index (χ3v) is 16.7. The maximum Gasteiger partial charge on any atom is 0.603 e. The summed E-state index contributed by atoms with van der Waals surface area (Å²) < 4.78 is 19.7. The van der Waals surface area contributed by atoms with Crippen molar-refractivity contribution >= 4 is 65.9 Å². The topological polar surface area (TPSA) is 206 Å². The Balaban J connectivity index is 1.28. The van der Waals surface area contributed by atoms with Crippen LogP contribution in [0.15, 0.2) is 79.5 Å². The zero-order valence-electron chi connectivity index (χ0n) is 34.2. The lowest BCUT2D eigenvalue weighted by Crippen LogP contribution is -2.65. The standard InChI is InChI=1S/C42H42N16O2Si/c1-21-7-5-8-22(2)25(21)19-59-61(60-20-26-23(3)9-6-10-24(26)4)57-39-31-32(48-16-15-47-31)41(57)55-37-29-30(46-14-13-45-29)38(52-37)56-42-34-33(49-17-18-50-34)40(58(42)61)54-36-28-27(35(51-36)53-39)43-11-12-44-28/h11-18,21-26H,5-10,19-20H2,1-4H3. The van der Waals surface area contributed by atoms with E-state index in [0.717, 1.165) is 25.7 Å². The minimum Gasteiger partial charge on any atom is -0.361 e. The van der Waals surface area contributed by atoms with E-state index in [1.165, 1.54) is 12.8 Å². The highest BCUT2D eigenvalue weighted by atomic mass is 28.4. The van der Waals surface area contributed by atoms with Crippen LogP contribution in [0.25, 0.3) is 22.1 Å². The molecule has 12 rings (SSSR count). The van der Waals surface area contributed by atoms with Crippen molar-refractivity contribution in [3.05, 3.63) is 83.3 Å². The smallest absolute Gasteiger partial charge is 0.361 e. The van der Waals surface area contributed by atoms with Gasteiger partial charge in [0, 0.05) is 62.8 Å². The first-order valence-corrected chi connectivity index (χ1v) is 23.0. The minimum atomic E-state index is -4.42. The Hall–Kier alpha value is -6.18. The first kappa shape index (κ1) is 36.7. The minimum absolute atomic E-state index is 0.224. The van der Waals surface area contributed by atoms with E-state index < -0.39 is 8.88 Å². The molecule has 0 saturated heterocycles. The van der Waals surface area contributed by atoms with E-state index in [1.54, 1.807) is 49.6 Å². The Morgan fingerprint density at radius 1 is 0.443 bits per heavy atom. The molecular weight excluding hydrogens is 789 g/mol. The predicted molar refractivity (Wildman–Crippen MR) is 227 cm³/mol. The fraction of sp³-hybridized carbons (Fsp3) is 0.429. The molecule has 0 radical (unpaired) electrons. The zero-order valence-corrected chi connectivity index (χ0v) is 35.2. The first-order valence-electron chi connectivity index (χ1n) is 21.3. The number of nitrogens with zero attached hydrogens (tertiary/aromatic N) is 16. The molecule has 4 aliphatic heterocycles. The van der Waals surface area contributed by atoms with Crippen LogP contribution in [0.1, 0.15) is 89.0 Å². The Bertz CT molecular complexity index is 2870. The second-order valence-electron chi connectivity index (χ2n) is 17.2. The van der Waals surface area contributed by atoms with Crippen molar-refractivity contribution in [3.8, 4) is 0 Å². The zero-order chi connectivity index (χ0) is 41.0. The van der Waals surface area contributed by atoms with Crippen molar-refractivity contribution in [2.24, 2.45) is 65.5 Å². The quantitative estimate of drug-likeness (QED) is 0.211. The summed E-state index contributed by atoms with van der Waals surface area (Å²) in [6.07, 6.45) is 19.9.